The number of aliphatic hydroxyl groups excluding tert-OH is 1. The molecule has 5 heteroatoms. The van der Waals surface area contributed by atoms with Gasteiger partial charge in [0.15, 0.2) is 5.76 Å². The van der Waals surface area contributed by atoms with E-state index < -0.39 is 6.29 Å². The molecule has 0 spiro atoms. The summed E-state index contributed by atoms with van der Waals surface area (Å²) in [7, 11) is 0. The van der Waals surface area contributed by atoms with Gasteiger partial charge in [-0.15, -0.1) is 0 Å². The van der Waals surface area contributed by atoms with E-state index in [4.69, 9.17) is 9.47 Å². The molecule has 1 aliphatic rings. The van der Waals surface area contributed by atoms with Crippen LogP contribution in [0.15, 0.2) is 42.2 Å². The molecule has 0 aliphatic carbocycles. The lowest BCUT2D eigenvalue weighted by molar-refractivity contribution is -0.175. The predicted molar refractivity (Wildman–Crippen MR) is 101 cm³/mol. The van der Waals surface area contributed by atoms with Crippen LogP contribution in [0.3, 0.4) is 0 Å². The molecule has 26 heavy (non-hydrogen) atoms. The van der Waals surface area contributed by atoms with Gasteiger partial charge in [-0.1, -0.05) is 44.2 Å². The van der Waals surface area contributed by atoms with E-state index in [1.165, 1.54) is 0 Å². The molecule has 2 N–H and O–H groups in total. The third-order valence-electron chi connectivity index (χ3n) is 4.75. The zero-order valence-corrected chi connectivity index (χ0v) is 16.0. The van der Waals surface area contributed by atoms with Crippen molar-refractivity contribution in [3.63, 3.8) is 0 Å². The van der Waals surface area contributed by atoms with Crippen molar-refractivity contribution in [1.29, 1.82) is 0 Å². The third-order valence-corrected chi connectivity index (χ3v) is 4.75. The lowest BCUT2D eigenvalue weighted by Crippen LogP contribution is -2.41. The fourth-order valence-electron chi connectivity index (χ4n) is 3.39. The van der Waals surface area contributed by atoms with Gasteiger partial charge in [-0.05, 0) is 43.2 Å². The molecule has 0 saturated carbocycles. The molecule has 1 aromatic carbocycles. The number of carbonyl (C=O) groups excluding carboxylic acids is 1. The summed E-state index contributed by atoms with van der Waals surface area (Å²) < 4.78 is 11.7. The molecule has 0 unspecified atom stereocenters. The summed E-state index contributed by atoms with van der Waals surface area (Å²) in [6.07, 6.45) is 2.98. The Morgan fingerprint density at radius 2 is 2.04 bits per heavy atom. The highest BCUT2D eigenvalue weighted by Crippen LogP contribution is 2.37. The smallest absolute Gasteiger partial charge is 0.286 e. The van der Waals surface area contributed by atoms with E-state index in [1.807, 2.05) is 43.3 Å². The number of hydrogen-bond donors (Lipinski definition) is 2. The molecule has 1 amide bonds. The molecule has 0 bridgehead atoms. The molecule has 144 valence electrons. The van der Waals surface area contributed by atoms with Crippen molar-refractivity contribution in [2.75, 3.05) is 13.2 Å². The van der Waals surface area contributed by atoms with Crippen molar-refractivity contribution in [3.8, 4) is 0 Å². The summed E-state index contributed by atoms with van der Waals surface area (Å²) in [5, 5.41) is 12.1. The Morgan fingerprint density at radius 3 is 2.65 bits per heavy atom. The molecule has 1 aliphatic heterocycles. The number of hydrogen-bond acceptors (Lipinski definition) is 4. The van der Waals surface area contributed by atoms with E-state index in [9.17, 15) is 9.90 Å². The van der Waals surface area contributed by atoms with Gasteiger partial charge in [0.25, 0.3) is 5.91 Å². The molecule has 1 heterocycles. The number of ether oxygens (including phenoxy) is 2. The highest BCUT2D eigenvalue weighted by atomic mass is 16.7. The standard InChI is InChI=1S/C21H31NO4/c1-4-25-21-17(11-8-12-23)18(15(2)3)13-19(26-21)20(24)22-14-16-9-6-5-7-10-16/h5-7,9-10,13,15,17-18,21,23H,4,8,11-12,14H2,1-3H3,(H,22,24)/t17-,18-,21-/m0/s1. The molecule has 2 rings (SSSR count). The Labute approximate surface area is 156 Å². The summed E-state index contributed by atoms with van der Waals surface area (Å²) in [6.45, 7) is 7.32. The van der Waals surface area contributed by atoms with Crippen molar-refractivity contribution in [1.82, 2.24) is 5.32 Å². The highest BCUT2D eigenvalue weighted by Gasteiger charge is 2.38. The lowest BCUT2D eigenvalue weighted by Gasteiger charge is -2.38. The van der Waals surface area contributed by atoms with Crippen molar-refractivity contribution in [2.24, 2.45) is 17.8 Å². The molecule has 3 atom stereocenters. The van der Waals surface area contributed by atoms with Crippen LogP contribution in [0.1, 0.15) is 39.2 Å². The van der Waals surface area contributed by atoms with Crippen LogP contribution in [0.5, 0.6) is 0 Å². The van der Waals surface area contributed by atoms with Gasteiger partial charge in [0.2, 0.25) is 6.29 Å². The molecule has 5 nitrogen and oxygen atoms in total. The average molecular weight is 361 g/mol. The molecule has 0 radical (unpaired) electrons. The fraction of sp³-hybridized carbons (Fsp3) is 0.571. The lowest BCUT2D eigenvalue weighted by atomic mass is 9.78. The van der Waals surface area contributed by atoms with Crippen LogP contribution in [-0.4, -0.2) is 30.5 Å². The van der Waals surface area contributed by atoms with E-state index in [2.05, 4.69) is 19.2 Å². The second kappa shape index (κ2) is 10.3. The molecule has 0 aromatic heterocycles. The summed E-state index contributed by atoms with van der Waals surface area (Å²) in [6, 6.07) is 9.79. The Morgan fingerprint density at radius 1 is 1.31 bits per heavy atom. The largest absolute Gasteiger partial charge is 0.459 e. The van der Waals surface area contributed by atoms with Gasteiger partial charge in [0.1, 0.15) is 0 Å². The molecular formula is C21H31NO4. The first kappa shape index (κ1) is 20.5. The quantitative estimate of drug-likeness (QED) is 0.708. The topological polar surface area (TPSA) is 67.8 Å². The van der Waals surface area contributed by atoms with E-state index in [1.54, 1.807) is 0 Å². The third kappa shape index (κ3) is 5.58. The maximum absolute atomic E-state index is 12.6. The van der Waals surface area contributed by atoms with Crippen LogP contribution >= 0.6 is 0 Å². The van der Waals surface area contributed by atoms with Crippen molar-refractivity contribution in [2.45, 2.75) is 46.4 Å². The zero-order chi connectivity index (χ0) is 18.9. The SMILES string of the molecule is CCO[C@H]1OC(C(=O)NCc2ccccc2)=C[C@@H](C(C)C)[C@@H]1CCCO. The number of amides is 1. The minimum Gasteiger partial charge on any atom is -0.459 e. The zero-order valence-electron chi connectivity index (χ0n) is 16.0. The summed E-state index contributed by atoms with van der Waals surface area (Å²) in [5.74, 6) is 0.766. The first-order chi connectivity index (χ1) is 12.6. The highest BCUT2D eigenvalue weighted by molar-refractivity contribution is 5.91. The number of benzene rings is 1. The monoisotopic (exact) mass is 361 g/mol. The molecule has 1 aromatic rings. The first-order valence-electron chi connectivity index (χ1n) is 9.49. The number of nitrogens with one attached hydrogen (secondary N) is 1. The summed E-state index contributed by atoms with van der Waals surface area (Å²) in [4.78, 5) is 12.6. The van der Waals surface area contributed by atoms with E-state index in [-0.39, 0.29) is 24.3 Å². The van der Waals surface area contributed by atoms with Crippen LogP contribution in [0.25, 0.3) is 0 Å². The van der Waals surface area contributed by atoms with Gasteiger partial charge >= 0.3 is 0 Å². The number of carbonyl (C=O) groups is 1. The van der Waals surface area contributed by atoms with Gasteiger partial charge in [-0.25, -0.2) is 0 Å². The second-order valence-electron chi connectivity index (χ2n) is 6.99. The van der Waals surface area contributed by atoms with E-state index in [0.29, 0.717) is 31.2 Å². The normalized spacial score (nSPS) is 22.7. The van der Waals surface area contributed by atoms with Crippen molar-refractivity contribution >= 4 is 5.91 Å². The van der Waals surface area contributed by atoms with Gasteiger partial charge in [-0.2, -0.15) is 0 Å². The number of rotatable bonds is 9. The van der Waals surface area contributed by atoms with Crippen LogP contribution in [0.4, 0.5) is 0 Å². The van der Waals surface area contributed by atoms with Gasteiger partial charge in [0.05, 0.1) is 0 Å². The van der Waals surface area contributed by atoms with Crippen LogP contribution in [0, 0.1) is 17.8 Å². The minimum atomic E-state index is -0.457. The Hall–Kier alpha value is -1.85. The Balaban J connectivity index is 2.11. The second-order valence-corrected chi connectivity index (χ2v) is 6.99. The molecular weight excluding hydrogens is 330 g/mol. The summed E-state index contributed by atoms with van der Waals surface area (Å²) in [5.41, 5.74) is 1.04. The van der Waals surface area contributed by atoms with E-state index >= 15 is 0 Å². The maximum Gasteiger partial charge on any atom is 0.286 e. The van der Waals surface area contributed by atoms with Crippen molar-refractivity contribution in [3.05, 3.63) is 47.7 Å². The van der Waals surface area contributed by atoms with Crippen LogP contribution in [-0.2, 0) is 20.8 Å². The first-order valence-corrected chi connectivity index (χ1v) is 9.49. The van der Waals surface area contributed by atoms with Crippen LogP contribution < -0.4 is 5.32 Å². The number of aliphatic hydroxyl groups is 1. The number of allylic oxidation sites excluding steroid dienone is 1. The fourth-order valence-corrected chi connectivity index (χ4v) is 3.39. The Kier molecular flexibility index (Phi) is 8.13. The van der Waals surface area contributed by atoms with Gasteiger partial charge in [-0.3, -0.25) is 4.79 Å². The molecule has 0 fully saturated rings. The predicted octanol–water partition coefficient (Wildman–Crippen LogP) is 3.24. The average Bonchev–Trinajstić information content (AvgIpc) is 2.65. The van der Waals surface area contributed by atoms with Crippen LogP contribution in [0.2, 0.25) is 0 Å². The minimum absolute atomic E-state index is 0.132. The Bertz CT molecular complexity index is 585. The van der Waals surface area contributed by atoms with Gasteiger partial charge in [0, 0.05) is 25.7 Å². The summed E-state index contributed by atoms with van der Waals surface area (Å²) >= 11 is 0. The maximum atomic E-state index is 12.6. The van der Waals surface area contributed by atoms with Gasteiger partial charge < -0.3 is 19.9 Å². The molecule has 0 saturated heterocycles. The van der Waals surface area contributed by atoms with Crippen molar-refractivity contribution < 1.29 is 19.4 Å². The van der Waals surface area contributed by atoms with E-state index in [0.717, 1.165) is 12.0 Å².